The summed E-state index contributed by atoms with van der Waals surface area (Å²) in [5.41, 5.74) is -2.19. The predicted molar refractivity (Wildman–Crippen MR) is 70.4 cm³/mol. The molecule has 1 aromatic rings. The molecule has 0 fully saturated rings. The Bertz CT molecular complexity index is 593. The van der Waals surface area contributed by atoms with Crippen LogP contribution in [-0.2, 0) is 28.6 Å². The van der Waals surface area contributed by atoms with E-state index in [0.29, 0.717) is 0 Å². The van der Waals surface area contributed by atoms with Crippen LogP contribution < -0.4 is 0 Å². The van der Waals surface area contributed by atoms with Crippen molar-refractivity contribution in [1.29, 1.82) is 0 Å². The van der Waals surface area contributed by atoms with E-state index in [9.17, 15) is 18.0 Å². The normalized spacial score (nSPS) is 14.3. The van der Waals surface area contributed by atoms with Crippen LogP contribution >= 0.6 is 0 Å². The molecule has 1 atom stereocenters. The lowest BCUT2D eigenvalue weighted by Crippen LogP contribution is -2.47. The number of carbonyl (C=O) groups is 2. The quantitative estimate of drug-likeness (QED) is 0.447. The molecule has 0 amide bonds. The monoisotopic (exact) mass is 300 g/mol. The van der Waals surface area contributed by atoms with E-state index in [1.54, 1.807) is 13.0 Å². The number of rotatable bonds is 6. The number of benzene rings is 1. The van der Waals surface area contributed by atoms with Crippen molar-refractivity contribution in [2.45, 2.75) is 31.3 Å². The molecular weight excluding hydrogens is 284 g/mol. The van der Waals surface area contributed by atoms with E-state index in [1.165, 1.54) is 24.3 Å². The molecule has 0 radical (unpaired) electrons. The molecule has 6 nitrogen and oxygen atoms in total. The Hall–Kier alpha value is -1.73. The van der Waals surface area contributed by atoms with Crippen LogP contribution in [0.25, 0.3) is 0 Å². The lowest BCUT2D eigenvalue weighted by atomic mass is 10.0. The number of ketones is 1. The summed E-state index contributed by atoms with van der Waals surface area (Å²) in [5.74, 6) is -1.79. The first-order valence-electron chi connectivity index (χ1n) is 5.93. The molecule has 0 saturated heterocycles. The van der Waals surface area contributed by atoms with Gasteiger partial charge in [0.25, 0.3) is 10.1 Å². The zero-order valence-corrected chi connectivity index (χ0v) is 12.3. The van der Waals surface area contributed by atoms with Gasteiger partial charge in [-0.3, -0.25) is 4.79 Å². The molecule has 0 aliphatic rings. The molecule has 0 bridgehead atoms. The Morgan fingerprint density at radius 3 is 2.20 bits per heavy atom. The second-order valence-corrected chi connectivity index (χ2v) is 5.71. The minimum absolute atomic E-state index is 0.0104. The van der Waals surface area contributed by atoms with Crippen LogP contribution in [0.4, 0.5) is 0 Å². The minimum atomic E-state index is -4.25. The summed E-state index contributed by atoms with van der Waals surface area (Å²) in [7, 11) is -4.25. The summed E-state index contributed by atoms with van der Waals surface area (Å²) in [6.07, 6.45) is 0. The van der Waals surface area contributed by atoms with Crippen molar-refractivity contribution in [3.63, 3.8) is 0 Å². The Kier molecular flexibility index (Phi) is 5.02. The van der Waals surface area contributed by atoms with Gasteiger partial charge in [0.1, 0.15) is 0 Å². The topological polar surface area (TPSA) is 86.7 Å². The Morgan fingerprint density at radius 2 is 1.75 bits per heavy atom. The highest BCUT2D eigenvalue weighted by Gasteiger charge is 2.45. The van der Waals surface area contributed by atoms with Gasteiger partial charge in [-0.05, 0) is 32.9 Å². The van der Waals surface area contributed by atoms with Gasteiger partial charge >= 0.3 is 5.97 Å². The molecule has 0 aliphatic carbocycles. The van der Waals surface area contributed by atoms with E-state index >= 15 is 0 Å². The number of esters is 1. The lowest BCUT2D eigenvalue weighted by Gasteiger charge is -2.23. The zero-order valence-electron chi connectivity index (χ0n) is 11.5. The summed E-state index contributed by atoms with van der Waals surface area (Å²) in [6.45, 7) is 3.70. The second kappa shape index (κ2) is 6.15. The molecule has 0 aliphatic heterocycles. The van der Waals surface area contributed by atoms with Crippen LogP contribution in [0, 0.1) is 0 Å². The average Bonchev–Trinajstić information content (AvgIpc) is 2.39. The van der Waals surface area contributed by atoms with E-state index in [4.69, 9.17) is 8.92 Å². The van der Waals surface area contributed by atoms with Gasteiger partial charge in [0, 0.05) is 0 Å². The molecule has 0 aromatic heterocycles. The van der Waals surface area contributed by atoms with Gasteiger partial charge in [0.05, 0.1) is 11.5 Å². The molecule has 1 aromatic carbocycles. The van der Waals surface area contributed by atoms with Crippen molar-refractivity contribution in [2.75, 3.05) is 6.61 Å². The minimum Gasteiger partial charge on any atom is -0.463 e. The van der Waals surface area contributed by atoms with Crippen molar-refractivity contribution < 1.29 is 26.9 Å². The van der Waals surface area contributed by atoms with Crippen LogP contribution in [0.1, 0.15) is 20.8 Å². The van der Waals surface area contributed by atoms with Crippen molar-refractivity contribution in [2.24, 2.45) is 0 Å². The fourth-order valence-electron chi connectivity index (χ4n) is 1.36. The molecule has 110 valence electrons. The summed E-state index contributed by atoms with van der Waals surface area (Å²) in [6, 6.07) is 7.26. The van der Waals surface area contributed by atoms with Gasteiger partial charge in [-0.25, -0.2) is 8.98 Å². The predicted octanol–water partition coefficient (Wildman–Crippen LogP) is 1.30. The third kappa shape index (κ3) is 3.43. The highest BCUT2D eigenvalue weighted by molar-refractivity contribution is 7.86. The summed E-state index contributed by atoms with van der Waals surface area (Å²) < 4.78 is 33.7. The third-order valence-corrected chi connectivity index (χ3v) is 4.05. The van der Waals surface area contributed by atoms with Gasteiger partial charge in [-0.1, -0.05) is 18.2 Å². The van der Waals surface area contributed by atoms with Crippen LogP contribution in [0.2, 0.25) is 0 Å². The fourth-order valence-corrected chi connectivity index (χ4v) is 2.57. The molecule has 0 heterocycles. The largest absolute Gasteiger partial charge is 0.463 e. The smallest absolute Gasteiger partial charge is 0.347 e. The average molecular weight is 300 g/mol. The molecule has 0 N–H and O–H groups in total. The molecule has 0 spiro atoms. The fraction of sp³-hybridized carbons (Fsp3) is 0.385. The Labute approximate surface area is 117 Å². The van der Waals surface area contributed by atoms with E-state index < -0.39 is 27.5 Å². The maximum Gasteiger partial charge on any atom is 0.347 e. The van der Waals surface area contributed by atoms with Crippen LogP contribution in [0.5, 0.6) is 0 Å². The first-order chi connectivity index (χ1) is 9.24. The summed E-state index contributed by atoms with van der Waals surface area (Å²) >= 11 is 0. The van der Waals surface area contributed by atoms with Crippen LogP contribution in [0.3, 0.4) is 0 Å². The van der Waals surface area contributed by atoms with Gasteiger partial charge in [0.15, 0.2) is 5.78 Å². The number of hydrogen-bond acceptors (Lipinski definition) is 6. The lowest BCUT2D eigenvalue weighted by molar-refractivity contribution is -0.164. The number of carbonyl (C=O) groups excluding carboxylic acids is 2. The molecule has 1 unspecified atom stereocenters. The maximum atomic E-state index is 12.1. The van der Waals surface area contributed by atoms with Crippen molar-refractivity contribution in [3.8, 4) is 0 Å². The molecule has 0 saturated carbocycles. The maximum absolute atomic E-state index is 12.1. The number of hydrogen-bond donors (Lipinski definition) is 0. The van der Waals surface area contributed by atoms with Gasteiger partial charge in [0.2, 0.25) is 5.60 Å². The van der Waals surface area contributed by atoms with Gasteiger partial charge in [-0.2, -0.15) is 8.42 Å². The van der Waals surface area contributed by atoms with Gasteiger partial charge in [-0.15, -0.1) is 0 Å². The second-order valence-electron chi connectivity index (χ2n) is 4.16. The van der Waals surface area contributed by atoms with E-state index in [-0.39, 0.29) is 11.5 Å². The van der Waals surface area contributed by atoms with Gasteiger partial charge < -0.3 is 4.74 Å². The summed E-state index contributed by atoms with van der Waals surface area (Å²) in [4.78, 5) is 23.2. The Balaban J connectivity index is 3.15. The van der Waals surface area contributed by atoms with E-state index in [0.717, 1.165) is 13.8 Å². The van der Waals surface area contributed by atoms with Crippen molar-refractivity contribution >= 4 is 21.9 Å². The SMILES string of the molecule is CCOC(=O)C(C)(OS(=O)(=O)c1ccccc1)C(C)=O. The van der Waals surface area contributed by atoms with E-state index in [2.05, 4.69) is 0 Å². The summed E-state index contributed by atoms with van der Waals surface area (Å²) in [5, 5.41) is 0. The first kappa shape index (κ1) is 16.3. The highest BCUT2D eigenvalue weighted by Crippen LogP contribution is 2.22. The number of Topliss-reactive ketones (excluding diaryl/α,β-unsaturated/α-hetero) is 1. The standard InChI is InChI=1S/C13H16O6S/c1-4-18-12(15)13(3,10(2)14)19-20(16,17)11-8-6-5-7-9-11/h5-9H,4H2,1-3H3. The first-order valence-corrected chi connectivity index (χ1v) is 7.34. The van der Waals surface area contributed by atoms with Crippen molar-refractivity contribution in [1.82, 2.24) is 0 Å². The molecular formula is C13H16O6S. The van der Waals surface area contributed by atoms with Crippen molar-refractivity contribution in [3.05, 3.63) is 30.3 Å². The van der Waals surface area contributed by atoms with Crippen LogP contribution in [0.15, 0.2) is 35.2 Å². The molecule has 1 rings (SSSR count). The van der Waals surface area contributed by atoms with Crippen LogP contribution in [-0.4, -0.2) is 32.4 Å². The third-order valence-electron chi connectivity index (χ3n) is 2.65. The molecule has 20 heavy (non-hydrogen) atoms. The van der Waals surface area contributed by atoms with E-state index in [1.807, 2.05) is 0 Å². The number of ether oxygens (including phenoxy) is 1. The molecule has 7 heteroatoms. The Morgan fingerprint density at radius 1 is 1.20 bits per heavy atom. The zero-order chi connectivity index (χ0) is 15.4. The highest BCUT2D eigenvalue weighted by atomic mass is 32.2.